The van der Waals surface area contributed by atoms with Crippen LogP contribution in [0.4, 0.5) is 5.69 Å². The van der Waals surface area contributed by atoms with Crippen LogP contribution in [-0.4, -0.2) is 20.1 Å². The molecule has 2 rings (SSSR count). The third-order valence-corrected chi connectivity index (χ3v) is 5.29. The fraction of sp³-hybridized carbons (Fsp3) is 0.125. The normalized spacial score (nSPS) is 10.8. The van der Waals surface area contributed by atoms with Crippen molar-refractivity contribution >= 4 is 33.0 Å². The Labute approximate surface area is 139 Å². The van der Waals surface area contributed by atoms with Crippen LogP contribution in [-0.2, 0) is 9.84 Å². The van der Waals surface area contributed by atoms with Crippen LogP contribution in [0.15, 0.2) is 47.4 Å². The number of carbonyl (C=O) groups is 1. The van der Waals surface area contributed by atoms with Crippen molar-refractivity contribution in [2.24, 2.45) is 0 Å². The zero-order valence-corrected chi connectivity index (χ0v) is 13.8. The lowest BCUT2D eigenvalue weighted by Crippen LogP contribution is -2.17. The van der Waals surface area contributed by atoms with E-state index in [0.717, 1.165) is 0 Å². The minimum absolute atomic E-state index is 0.0141. The van der Waals surface area contributed by atoms with Crippen LogP contribution >= 0.6 is 11.6 Å². The highest BCUT2D eigenvalue weighted by Crippen LogP contribution is 2.22. The summed E-state index contributed by atoms with van der Waals surface area (Å²) in [5.74, 6) is -0.654. The van der Waals surface area contributed by atoms with Gasteiger partial charge in [0.05, 0.1) is 26.8 Å². The van der Waals surface area contributed by atoms with Gasteiger partial charge in [0.15, 0.2) is 9.84 Å². The maximum absolute atomic E-state index is 12.4. The number of nitrogens with zero attached hydrogens (tertiary/aromatic N) is 1. The smallest absolute Gasteiger partial charge is 0.256 e. The molecule has 0 unspecified atom stereocenters. The van der Waals surface area contributed by atoms with Crippen molar-refractivity contribution in [3.63, 3.8) is 0 Å². The predicted molar refractivity (Wildman–Crippen MR) is 88.3 cm³/mol. The third kappa shape index (κ3) is 3.70. The highest BCUT2D eigenvalue weighted by molar-refractivity contribution is 7.91. The molecule has 0 aliphatic rings. The van der Waals surface area contributed by atoms with Crippen molar-refractivity contribution in [1.82, 2.24) is 0 Å². The highest BCUT2D eigenvalue weighted by atomic mass is 35.5. The largest absolute Gasteiger partial charge is 0.322 e. The van der Waals surface area contributed by atoms with Gasteiger partial charge in [-0.2, -0.15) is 5.26 Å². The number of amides is 1. The number of anilines is 1. The second-order valence-electron chi connectivity index (χ2n) is 4.66. The number of hydrogen-bond donors (Lipinski definition) is 1. The second-order valence-corrected chi connectivity index (χ2v) is 7.31. The molecular weight excluding hydrogens is 336 g/mol. The second kappa shape index (κ2) is 6.82. The molecule has 0 aliphatic carbocycles. The third-order valence-electron chi connectivity index (χ3n) is 3.19. The number of benzene rings is 2. The van der Waals surface area contributed by atoms with Crippen LogP contribution in [0.2, 0.25) is 5.02 Å². The summed E-state index contributed by atoms with van der Waals surface area (Å²) in [5.41, 5.74) is 0.733. The van der Waals surface area contributed by atoms with Gasteiger partial charge in [0, 0.05) is 5.69 Å². The molecule has 118 valence electrons. The lowest BCUT2D eigenvalue weighted by molar-refractivity contribution is 0.102. The molecular formula is C16H13ClN2O3S. The van der Waals surface area contributed by atoms with Gasteiger partial charge < -0.3 is 5.32 Å². The number of rotatable bonds is 4. The zero-order chi connectivity index (χ0) is 17.0. The SMILES string of the molecule is CCS(=O)(=O)c1ccccc1C(=O)Nc1ccc(C#N)c(Cl)c1. The number of nitrogens with one attached hydrogen (secondary N) is 1. The number of sulfone groups is 1. The Morgan fingerprint density at radius 3 is 2.57 bits per heavy atom. The van der Waals surface area contributed by atoms with Crippen molar-refractivity contribution in [3.05, 3.63) is 58.6 Å². The Balaban J connectivity index is 2.36. The lowest BCUT2D eigenvalue weighted by atomic mass is 10.2. The van der Waals surface area contributed by atoms with E-state index in [-0.39, 0.29) is 21.2 Å². The van der Waals surface area contributed by atoms with Gasteiger partial charge in [0.2, 0.25) is 0 Å². The quantitative estimate of drug-likeness (QED) is 0.918. The van der Waals surface area contributed by atoms with E-state index in [1.54, 1.807) is 12.1 Å². The Kier molecular flexibility index (Phi) is 5.04. The summed E-state index contributed by atoms with van der Waals surface area (Å²) in [6, 6.07) is 12.4. The van der Waals surface area contributed by atoms with Crippen molar-refractivity contribution in [3.8, 4) is 6.07 Å². The van der Waals surface area contributed by atoms with Crippen LogP contribution in [0.1, 0.15) is 22.8 Å². The van der Waals surface area contributed by atoms with Gasteiger partial charge in [-0.05, 0) is 30.3 Å². The number of carbonyl (C=O) groups excluding carboxylic acids is 1. The molecule has 0 fully saturated rings. The van der Waals surface area contributed by atoms with Gasteiger partial charge in [-0.1, -0.05) is 30.7 Å². The van der Waals surface area contributed by atoms with Crippen molar-refractivity contribution in [2.45, 2.75) is 11.8 Å². The first-order valence-electron chi connectivity index (χ1n) is 6.72. The van der Waals surface area contributed by atoms with E-state index in [2.05, 4.69) is 5.32 Å². The molecule has 2 aromatic carbocycles. The van der Waals surface area contributed by atoms with E-state index >= 15 is 0 Å². The van der Waals surface area contributed by atoms with Crippen LogP contribution < -0.4 is 5.32 Å². The number of hydrogen-bond acceptors (Lipinski definition) is 4. The molecule has 5 nitrogen and oxygen atoms in total. The van der Waals surface area contributed by atoms with Gasteiger partial charge in [-0.25, -0.2) is 8.42 Å². The van der Waals surface area contributed by atoms with Crippen LogP contribution in [0.25, 0.3) is 0 Å². The molecule has 23 heavy (non-hydrogen) atoms. The monoisotopic (exact) mass is 348 g/mol. The fourth-order valence-electron chi connectivity index (χ4n) is 1.96. The molecule has 0 heterocycles. The van der Waals surface area contributed by atoms with Gasteiger partial charge in [0.1, 0.15) is 6.07 Å². The molecule has 0 spiro atoms. The predicted octanol–water partition coefficient (Wildman–Crippen LogP) is 3.26. The van der Waals surface area contributed by atoms with E-state index < -0.39 is 15.7 Å². The molecule has 0 bridgehead atoms. The molecule has 0 aliphatic heterocycles. The van der Waals surface area contributed by atoms with Gasteiger partial charge in [-0.3, -0.25) is 4.79 Å². The topological polar surface area (TPSA) is 87.0 Å². The molecule has 1 N–H and O–H groups in total. The van der Waals surface area contributed by atoms with E-state index in [4.69, 9.17) is 16.9 Å². The summed E-state index contributed by atoms with van der Waals surface area (Å²) in [5, 5.41) is 11.6. The molecule has 2 aromatic rings. The summed E-state index contributed by atoms with van der Waals surface area (Å²) >= 11 is 5.92. The Morgan fingerprint density at radius 2 is 1.96 bits per heavy atom. The maximum Gasteiger partial charge on any atom is 0.256 e. The Bertz CT molecular complexity index is 902. The number of halogens is 1. The molecule has 0 atom stereocenters. The van der Waals surface area contributed by atoms with Crippen molar-refractivity contribution in [1.29, 1.82) is 5.26 Å². The zero-order valence-electron chi connectivity index (χ0n) is 12.2. The van der Waals surface area contributed by atoms with E-state index in [0.29, 0.717) is 11.3 Å². The van der Waals surface area contributed by atoms with E-state index in [1.165, 1.54) is 37.3 Å². The van der Waals surface area contributed by atoms with Gasteiger partial charge in [0.25, 0.3) is 5.91 Å². The standard InChI is InChI=1S/C16H13ClN2O3S/c1-2-23(21,22)15-6-4-3-5-13(15)16(20)19-12-8-7-11(10-18)14(17)9-12/h3-9H,2H2,1H3,(H,19,20). The summed E-state index contributed by atoms with van der Waals surface area (Å²) in [6.45, 7) is 1.52. The minimum atomic E-state index is -3.51. The molecule has 1 amide bonds. The first-order chi connectivity index (χ1) is 10.9. The molecule has 0 saturated heterocycles. The molecule has 0 radical (unpaired) electrons. The van der Waals surface area contributed by atoms with Crippen molar-refractivity contribution < 1.29 is 13.2 Å². The minimum Gasteiger partial charge on any atom is -0.322 e. The fourth-order valence-corrected chi connectivity index (χ4v) is 3.28. The summed E-state index contributed by atoms with van der Waals surface area (Å²) in [6.07, 6.45) is 0. The average Bonchev–Trinajstić information content (AvgIpc) is 2.55. The maximum atomic E-state index is 12.4. The lowest BCUT2D eigenvalue weighted by Gasteiger charge is -2.10. The first kappa shape index (κ1) is 17.0. The van der Waals surface area contributed by atoms with Crippen molar-refractivity contribution in [2.75, 3.05) is 11.1 Å². The summed E-state index contributed by atoms with van der Waals surface area (Å²) < 4.78 is 24.2. The number of nitriles is 1. The molecule has 0 aromatic heterocycles. The Morgan fingerprint density at radius 1 is 1.26 bits per heavy atom. The summed E-state index contributed by atoms with van der Waals surface area (Å²) in [7, 11) is -3.51. The molecule has 0 saturated carbocycles. The van der Waals surface area contributed by atoms with Gasteiger partial charge >= 0.3 is 0 Å². The van der Waals surface area contributed by atoms with Crippen LogP contribution in [0, 0.1) is 11.3 Å². The average molecular weight is 349 g/mol. The van der Waals surface area contributed by atoms with Crippen LogP contribution in [0.3, 0.4) is 0 Å². The summed E-state index contributed by atoms with van der Waals surface area (Å²) in [4.78, 5) is 12.4. The van der Waals surface area contributed by atoms with Gasteiger partial charge in [-0.15, -0.1) is 0 Å². The van der Waals surface area contributed by atoms with E-state index in [1.807, 2.05) is 6.07 Å². The Hall–Kier alpha value is -2.36. The molecule has 7 heteroatoms. The van der Waals surface area contributed by atoms with E-state index in [9.17, 15) is 13.2 Å². The van der Waals surface area contributed by atoms with Crippen LogP contribution in [0.5, 0.6) is 0 Å². The highest BCUT2D eigenvalue weighted by Gasteiger charge is 2.20. The first-order valence-corrected chi connectivity index (χ1v) is 8.75.